The highest BCUT2D eigenvalue weighted by Crippen LogP contribution is 2.36. The lowest BCUT2D eigenvalue weighted by atomic mass is 10.0. The fourth-order valence-electron chi connectivity index (χ4n) is 2.69. The van der Waals surface area contributed by atoms with Gasteiger partial charge in [-0.25, -0.2) is 0 Å². The fraction of sp³-hybridized carbons (Fsp3) is 0.263. The lowest BCUT2D eigenvalue weighted by Crippen LogP contribution is -2.05. The van der Waals surface area contributed by atoms with Gasteiger partial charge < -0.3 is 9.47 Å². The van der Waals surface area contributed by atoms with Crippen molar-refractivity contribution in [2.45, 2.75) is 26.4 Å². The molecule has 0 saturated heterocycles. The Bertz CT molecular complexity index is 831. The normalized spacial score (nSPS) is 16.2. The van der Waals surface area contributed by atoms with Gasteiger partial charge in [0, 0.05) is 17.5 Å². The highest BCUT2D eigenvalue weighted by Gasteiger charge is 2.22. The van der Waals surface area contributed by atoms with Crippen LogP contribution in [0.5, 0.6) is 11.5 Å². The zero-order valence-electron chi connectivity index (χ0n) is 13.5. The van der Waals surface area contributed by atoms with Gasteiger partial charge in [-0.15, -0.1) is 11.3 Å². The number of carbonyl (C=O) groups excluding carboxylic acids is 1. The molecule has 2 heterocycles. The van der Waals surface area contributed by atoms with Gasteiger partial charge in [0.1, 0.15) is 29.2 Å². The van der Waals surface area contributed by atoms with Gasteiger partial charge >= 0.3 is 0 Å². The van der Waals surface area contributed by atoms with E-state index in [1.807, 2.05) is 37.4 Å². The van der Waals surface area contributed by atoms with Crippen LogP contribution in [0.15, 0.2) is 35.2 Å². The SMILES string of the molecule is CCOc1cc2c(cc1/C=C(\C#N)C(=O)c1cccs1)O[C@H](C)C2. The van der Waals surface area contributed by atoms with Crippen LogP contribution in [0.4, 0.5) is 0 Å². The second kappa shape index (κ2) is 6.90. The minimum absolute atomic E-state index is 0.0874. The van der Waals surface area contributed by atoms with E-state index in [1.165, 1.54) is 11.3 Å². The second-order valence-corrected chi connectivity index (χ2v) is 6.49. The van der Waals surface area contributed by atoms with Gasteiger partial charge in [-0.05, 0) is 43.5 Å². The summed E-state index contributed by atoms with van der Waals surface area (Å²) in [5.74, 6) is 1.18. The number of fused-ring (bicyclic) bond motifs is 1. The standard InChI is InChI=1S/C19H17NO3S/c1-3-22-16-9-13-7-12(2)23-17(13)10-14(16)8-15(11-20)19(21)18-5-4-6-24-18/h4-6,8-10,12H,3,7H2,1-2H3/b15-8+/t12-/m1/s1. The molecule has 0 spiro atoms. The van der Waals surface area contributed by atoms with Crippen molar-refractivity contribution in [1.29, 1.82) is 5.26 Å². The van der Waals surface area contributed by atoms with Crippen LogP contribution < -0.4 is 9.47 Å². The number of carbonyl (C=O) groups is 1. The first kappa shape index (κ1) is 16.3. The zero-order valence-corrected chi connectivity index (χ0v) is 14.4. The number of rotatable bonds is 5. The lowest BCUT2D eigenvalue weighted by Gasteiger charge is -2.10. The number of nitrogens with zero attached hydrogens (tertiary/aromatic N) is 1. The Balaban J connectivity index is 2.02. The smallest absolute Gasteiger partial charge is 0.213 e. The molecule has 0 unspecified atom stereocenters. The number of thiophene rings is 1. The molecular weight excluding hydrogens is 322 g/mol. The van der Waals surface area contributed by atoms with E-state index in [2.05, 4.69) is 0 Å². The summed E-state index contributed by atoms with van der Waals surface area (Å²) in [7, 11) is 0. The van der Waals surface area contributed by atoms with E-state index >= 15 is 0 Å². The van der Waals surface area contributed by atoms with E-state index in [0.717, 1.165) is 17.7 Å². The highest BCUT2D eigenvalue weighted by atomic mass is 32.1. The van der Waals surface area contributed by atoms with Gasteiger partial charge in [-0.2, -0.15) is 5.26 Å². The molecule has 4 nitrogen and oxygen atoms in total. The second-order valence-electron chi connectivity index (χ2n) is 5.54. The quantitative estimate of drug-likeness (QED) is 0.464. The van der Waals surface area contributed by atoms with E-state index in [1.54, 1.807) is 18.2 Å². The maximum Gasteiger partial charge on any atom is 0.213 e. The minimum Gasteiger partial charge on any atom is -0.493 e. The molecule has 122 valence electrons. The number of ketones is 1. The molecule has 1 aliphatic rings. The van der Waals surface area contributed by atoms with Crippen LogP contribution in [0.1, 0.15) is 34.6 Å². The molecule has 5 heteroatoms. The minimum atomic E-state index is -0.273. The van der Waals surface area contributed by atoms with Crippen LogP contribution in [0.25, 0.3) is 6.08 Å². The van der Waals surface area contributed by atoms with Gasteiger partial charge in [-0.1, -0.05) is 6.07 Å². The van der Waals surface area contributed by atoms with E-state index < -0.39 is 0 Å². The summed E-state index contributed by atoms with van der Waals surface area (Å²) >= 11 is 1.32. The Morgan fingerprint density at radius 2 is 2.38 bits per heavy atom. The molecule has 1 aromatic heterocycles. The Hall–Kier alpha value is -2.58. The molecule has 0 saturated carbocycles. The molecule has 24 heavy (non-hydrogen) atoms. The summed E-state index contributed by atoms with van der Waals surface area (Å²) in [6, 6.07) is 9.31. The van der Waals surface area contributed by atoms with Crippen molar-refractivity contribution in [2.75, 3.05) is 6.61 Å². The predicted octanol–water partition coefficient (Wildman–Crippen LogP) is 4.26. The molecule has 0 radical (unpaired) electrons. The topological polar surface area (TPSA) is 59.3 Å². The van der Waals surface area contributed by atoms with Gasteiger partial charge in [0.2, 0.25) is 5.78 Å². The first-order valence-corrected chi connectivity index (χ1v) is 8.66. The van der Waals surface area contributed by atoms with Gasteiger partial charge in [0.05, 0.1) is 11.5 Å². The molecular formula is C19H17NO3S. The van der Waals surface area contributed by atoms with Gasteiger partial charge in [0.15, 0.2) is 0 Å². The molecule has 0 aliphatic carbocycles. The Morgan fingerprint density at radius 1 is 1.54 bits per heavy atom. The predicted molar refractivity (Wildman–Crippen MR) is 93.6 cm³/mol. The molecule has 3 rings (SSSR count). The number of benzene rings is 1. The van der Waals surface area contributed by atoms with E-state index in [0.29, 0.717) is 22.8 Å². The van der Waals surface area contributed by atoms with Crippen LogP contribution in [-0.4, -0.2) is 18.5 Å². The number of allylic oxidation sites excluding steroid dienone is 1. The van der Waals surface area contributed by atoms with Crippen molar-refractivity contribution in [3.63, 3.8) is 0 Å². The fourth-order valence-corrected chi connectivity index (χ4v) is 3.37. The first-order valence-electron chi connectivity index (χ1n) is 7.78. The third-order valence-electron chi connectivity index (χ3n) is 3.74. The van der Waals surface area contributed by atoms with Gasteiger partial charge in [-0.3, -0.25) is 4.79 Å². The molecule has 0 N–H and O–H groups in total. The van der Waals surface area contributed by atoms with Crippen molar-refractivity contribution in [2.24, 2.45) is 0 Å². The highest BCUT2D eigenvalue weighted by molar-refractivity contribution is 7.12. The van der Waals surface area contributed by atoms with Crippen LogP contribution in [0, 0.1) is 11.3 Å². The van der Waals surface area contributed by atoms with Crippen molar-refractivity contribution in [3.05, 3.63) is 51.2 Å². The monoisotopic (exact) mass is 339 g/mol. The number of ether oxygens (including phenoxy) is 2. The average molecular weight is 339 g/mol. The number of Topliss-reactive ketones (excluding diaryl/α,β-unsaturated/α-hetero) is 1. The summed E-state index contributed by atoms with van der Waals surface area (Å²) in [5.41, 5.74) is 1.86. The molecule has 1 aromatic carbocycles. The van der Waals surface area contributed by atoms with Crippen molar-refractivity contribution in [3.8, 4) is 17.6 Å². The van der Waals surface area contributed by atoms with Crippen molar-refractivity contribution >= 4 is 23.2 Å². The maximum atomic E-state index is 12.4. The van der Waals surface area contributed by atoms with E-state index in [4.69, 9.17) is 9.47 Å². The Kier molecular flexibility index (Phi) is 4.68. The van der Waals surface area contributed by atoms with Crippen LogP contribution in [0.2, 0.25) is 0 Å². The van der Waals surface area contributed by atoms with E-state index in [9.17, 15) is 10.1 Å². The van der Waals surface area contributed by atoms with Crippen LogP contribution in [-0.2, 0) is 6.42 Å². The summed E-state index contributed by atoms with van der Waals surface area (Å²) in [6.45, 7) is 4.43. The first-order chi connectivity index (χ1) is 11.6. The van der Waals surface area contributed by atoms with Crippen LogP contribution >= 0.6 is 11.3 Å². The van der Waals surface area contributed by atoms with Crippen molar-refractivity contribution < 1.29 is 14.3 Å². The zero-order chi connectivity index (χ0) is 17.1. The Morgan fingerprint density at radius 3 is 3.04 bits per heavy atom. The molecule has 0 amide bonds. The summed E-state index contributed by atoms with van der Waals surface area (Å²) < 4.78 is 11.5. The van der Waals surface area contributed by atoms with E-state index in [-0.39, 0.29) is 17.5 Å². The summed E-state index contributed by atoms with van der Waals surface area (Å²) in [4.78, 5) is 13.0. The molecule has 2 aromatic rings. The third kappa shape index (κ3) is 3.19. The largest absolute Gasteiger partial charge is 0.493 e. The summed E-state index contributed by atoms with van der Waals surface area (Å²) in [6.07, 6.45) is 2.54. The molecule has 0 bridgehead atoms. The average Bonchev–Trinajstić information content (AvgIpc) is 3.20. The molecule has 0 fully saturated rings. The van der Waals surface area contributed by atoms with Crippen LogP contribution in [0.3, 0.4) is 0 Å². The number of hydrogen-bond donors (Lipinski definition) is 0. The maximum absolute atomic E-state index is 12.4. The lowest BCUT2D eigenvalue weighted by molar-refractivity contribution is 0.104. The number of hydrogen-bond acceptors (Lipinski definition) is 5. The Labute approximate surface area is 144 Å². The third-order valence-corrected chi connectivity index (χ3v) is 4.61. The van der Waals surface area contributed by atoms with Crippen molar-refractivity contribution in [1.82, 2.24) is 0 Å². The molecule has 1 atom stereocenters. The van der Waals surface area contributed by atoms with Gasteiger partial charge in [0.25, 0.3) is 0 Å². The molecule has 1 aliphatic heterocycles. The summed E-state index contributed by atoms with van der Waals surface area (Å²) in [5, 5.41) is 11.2. The number of nitriles is 1.